The third-order valence-electron chi connectivity index (χ3n) is 6.51. The Morgan fingerprint density at radius 2 is 1.25 bits per heavy atom. The van der Waals surface area contributed by atoms with Crippen molar-refractivity contribution >= 4 is 56.9 Å². The summed E-state index contributed by atoms with van der Waals surface area (Å²) in [6, 6.07) is 11.5. The molecule has 0 spiro atoms. The van der Waals surface area contributed by atoms with E-state index in [4.69, 9.17) is 18.9 Å². The largest absolute Gasteiger partial charge is 0.489 e. The van der Waals surface area contributed by atoms with Crippen molar-refractivity contribution < 1.29 is 28.5 Å². The molecule has 0 aliphatic carbocycles. The average molecular weight is 727 g/mol. The molecule has 0 saturated carbocycles. The molecule has 0 atom stereocenters. The Morgan fingerprint density at radius 1 is 0.686 bits per heavy atom. The van der Waals surface area contributed by atoms with E-state index in [1.807, 2.05) is 27.7 Å². The quantitative estimate of drug-likeness (QED) is 0.124. The van der Waals surface area contributed by atoms with E-state index in [0.29, 0.717) is 44.8 Å². The number of aromatic nitrogens is 8. The third kappa shape index (κ3) is 8.54. The lowest BCUT2D eigenvalue weighted by Gasteiger charge is -2.13. The van der Waals surface area contributed by atoms with Crippen LogP contribution in [-0.4, -0.2) is 69.9 Å². The van der Waals surface area contributed by atoms with Crippen molar-refractivity contribution in [2.24, 2.45) is 0 Å². The molecule has 16 nitrogen and oxygen atoms in total. The van der Waals surface area contributed by atoms with Gasteiger partial charge in [-0.2, -0.15) is 18.7 Å². The predicted molar refractivity (Wildman–Crippen MR) is 189 cm³/mol. The molecule has 51 heavy (non-hydrogen) atoms. The highest BCUT2D eigenvalue weighted by molar-refractivity contribution is 7.10. The Hall–Kier alpha value is -6.14. The minimum absolute atomic E-state index is 0.00785. The predicted octanol–water partition coefficient (Wildman–Crippen LogP) is 6.37. The second-order valence-electron chi connectivity index (χ2n) is 11.0. The molecule has 0 aliphatic rings. The molecule has 6 aromatic rings. The first-order valence-corrected chi connectivity index (χ1v) is 16.9. The summed E-state index contributed by atoms with van der Waals surface area (Å²) in [5.41, 5.74) is 0.992. The van der Waals surface area contributed by atoms with E-state index in [9.17, 15) is 9.59 Å². The van der Waals surface area contributed by atoms with Crippen LogP contribution >= 0.6 is 23.1 Å². The summed E-state index contributed by atoms with van der Waals surface area (Å²) in [6.45, 7) is 7.71. The number of anilines is 4. The third-order valence-corrected chi connectivity index (χ3v) is 7.77. The Balaban J connectivity index is 1.19. The van der Waals surface area contributed by atoms with Gasteiger partial charge >= 0.3 is 11.9 Å². The standard InChI is InChI=1S/C33H30N10O6S2/c1-17(2)47-19-8-10-22(36-15-19)27-39-32(50-42-27)38-26-21(7-6-13-34-26)30(44)49-24-12-14-35-29(25(24)31(45)46-5)41-33-40-28(43-51-33)23-11-9-20(16-37-23)48-18(3)4/h6-18H,1-5H3,(H,34,38,39,42)(H,35,40,41,43). The molecule has 0 saturated heterocycles. The van der Waals surface area contributed by atoms with E-state index in [1.54, 1.807) is 42.7 Å². The summed E-state index contributed by atoms with van der Waals surface area (Å²) in [5.74, 6) is 0.455. The lowest BCUT2D eigenvalue weighted by atomic mass is 10.2. The minimum atomic E-state index is -0.811. The zero-order valence-corrected chi connectivity index (χ0v) is 29.5. The maximum absolute atomic E-state index is 13.6. The number of ether oxygens (including phenoxy) is 4. The number of nitrogens with one attached hydrogen (secondary N) is 2. The van der Waals surface area contributed by atoms with Crippen LogP contribution in [0.4, 0.5) is 21.9 Å². The molecule has 18 heteroatoms. The van der Waals surface area contributed by atoms with Gasteiger partial charge in [0.15, 0.2) is 23.2 Å². The summed E-state index contributed by atoms with van der Waals surface area (Å²) < 4.78 is 30.8. The lowest BCUT2D eigenvalue weighted by Crippen LogP contribution is -2.16. The number of esters is 2. The van der Waals surface area contributed by atoms with E-state index >= 15 is 0 Å². The van der Waals surface area contributed by atoms with Gasteiger partial charge in [-0.3, -0.25) is 0 Å². The van der Waals surface area contributed by atoms with Gasteiger partial charge < -0.3 is 29.6 Å². The highest BCUT2D eigenvalue weighted by Crippen LogP contribution is 2.31. The molecule has 2 N–H and O–H groups in total. The van der Waals surface area contributed by atoms with E-state index in [1.165, 1.54) is 31.6 Å². The van der Waals surface area contributed by atoms with Gasteiger partial charge in [0, 0.05) is 41.5 Å². The van der Waals surface area contributed by atoms with Crippen molar-refractivity contribution in [2.45, 2.75) is 39.9 Å². The zero-order chi connectivity index (χ0) is 35.9. The first-order valence-electron chi connectivity index (χ1n) is 15.4. The Kier molecular flexibility index (Phi) is 10.6. The molecule has 260 valence electrons. The molecule has 6 aromatic heterocycles. The van der Waals surface area contributed by atoms with Crippen molar-refractivity contribution in [3.63, 3.8) is 0 Å². The lowest BCUT2D eigenvalue weighted by molar-refractivity contribution is 0.0594. The van der Waals surface area contributed by atoms with Gasteiger partial charge in [0.05, 0.1) is 31.7 Å². The molecule has 0 fully saturated rings. The molecular weight excluding hydrogens is 697 g/mol. The second kappa shape index (κ2) is 15.6. The summed E-state index contributed by atoms with van der Waals surface area (Å²) in [6.07, 6.45) is 6.09. The van der Waals surface area contributed by atoms with Crippen LogP contribution in [-0.2, 0) is 4.74 Å². The van der Waals surface area contributed by atoms with Crippen LogP contribution in [0.5, 0.6) is 17.2 Å². The van der Waals surface area contributed by atoms with Gasteiger partial charge in [0.1, 0.15) is 39.8 Å². The number of nitrogens with zero attached hydrogens (tertiary/aromatic N) is 8. The monoisotopic (exact) mass is 726 g/mol. The molecule has 0 aliphatic heterocycles. The molecular formula is C33H30N10O6S2. The van der Waals surface area contributed by atoms with Crippen molar-refractivity contribution in [2.75, 3.05) is 17.7 Å². The van der Waals surface area contributed by atoms with Crippen molar-refractivity contribution in [3.8, 4) is 40.3 Å². The van der Waals surface area contributed by atoms with Crippen LogP contribution in [0.15, 0.2) is 67.3 Å². The van der Waals surface area contributed by atoms with Gasteiger partial charge in [-0.1, -0.05) is 0 Å². The van der Waals surface area contributed by atoms with Gasteiger partial charge in [-0.05, 0) is 64.1 Å². The Morgan fingerprint density at radius 3 is 1.78 bits per heavy atom. The van der Waals surface area contributed by atoms with Crippen molar-refractivity contribution in [1.29, 1.82) is 0 Å². The summed E-state index contributed by atoms with van der Waals surface area (Å²) >= 11 is 2.09. The molecule has 0 radical (unpaired) electrons. The number of methoxy groups -OCH3 is 1. The molecule has 0 unspecified atom stereocenters. The fraction of sp³-hybridized carbons (Fsp3) is 0.212. The minimum Gasteiger partial charge on any atom is -0.489 e. The van der Waals surface area contributed by atoms with Gasteiger partial charge in [0.2, 0.25) is 10.3 Å². The van der Waals surface area contributed by atoms with E-state index < -0.39 is 11.9 Å². The molecule has 0 amide bonds. The molecule has 0 bridgehead atoms. The van der Waals surface area contributed by atoms with Crippen LogP contribution in [0.1, 0.15) is 48.4 Å². The topological polar surface area (TPSA) is 198 Å². The van der Waals surface area contributed by atoms with Crippen molar-refractivity contribution in [3.05, 3.63) is 78.4 Å². The maximum atomic E-state index is 13.6. The van der Waals surface area contributed by atoms with Crippen LogP contribution < -0.4 is 24.8 Å². The van der Waals surface area contributed by atoms with Crippen LogP contribution in [0.2, 0.25) is 0 Å². The van der Waals surface area contributed by atoms with Crippen LogP contribution in [0.25, 0.3) is 23.0 Å². The summed E-state index contributed by atoms with van der Waals surface area (Å²) in [5, 5.41) is 6.67. The van der Waals surface area contributed by atoms with Crippen molar-refractivity contribution in [1.82, 2.24) is 38.7 Å². The first-order chi connectivity index (χ1) is 24.7. The van der Waals surface area contributed by atoms with Gasteiger partial charge in [0.25, 0.3) is 0 Å². The molecule has 6 rings (SSSR count). The SMILES string of the molecule is COC(=O)c1c(OC(=O)c2cccnc2Nc2nc(-c3ccc(OC(C)C)cn3)ns2)ccnc1Nc1nc(-c2ccc(OC(C)C)cn2)ns1. The number of pyridine rings is 4. The van der Waals surface area contributed by atoms with Gasteiger partial charge in [-0.15, -0.1) is 0 Å². The number of hydrogen-bond acceptors (Lipinski definition) is 18. The number of carbonyl (C=O) groups excluding carboxylic acids is 2. The average Bonchev–Trinajstić information content (AvgIpc) is 3.78. The fourth-order valence-electron chi connectivity index (χ4n) is 4.42. The number of rotatable bonds is 13. The highest BCUT2D eigenvalue weighted by atomic mass is 32.1. The molecule has 0 aromatic carbocycles. The number of carbonyl (C=O) groups is 2. The van der Waals surface area contributed by atoms with E-state index in [0.717, 1.165) is 23.1 Å². The number of hydrogen-bond donors (Lipinski definition) is 2. The highest BCUT2D eigenvalue weighted by Gasteiger charge is 2.25. The second-order valence-corrected chi connectivity index (χ2v) is 12.5. The summed E-state index contributed by atoms with van der Waals surface area (Å²) in [4.78, 5) is 52.8. The zero-order valence-electron chi connectivity index (χ0n) is 27.8. The summed E-state index contributed by atoms with van der Waals surface area (Å²) in [7, 11) is 1.20. The molecule has 6 heterocycles. The van der Waals surface area contributed by atoms with E-state index in [2.05, 4.69) is 49.3 Å². The fourth-order valence-corrected chi connectivity index (χ4v) is 5.57. The smallest absolute Gasteiger partial charge is 0.347 e. The first kappa shape index (κ1) is 34.7. The Labute approximate surface area is 299 Å². The maximum Gasteiger partial charge on any atom is 0.347 e. The Bertz CT molecular complexity index is 2140. The normalized spacial score (nSPS) is 11.0. The van der Waals surface area contributed by atoms with E-state index in [-0.39, 0.29) is 40.7 Å². The van der Waals surface area contributed by atoms with Crippen LogP contribution in [0, 0.1) is 0 Å². The van der Waals surface area contributed by atoms with Gasteiger partial charge in [-0.25, -0.2) is 29.5 Å². The van der Waals surface area contributed by atoms with Crippen LogP contribution in [0.3, 0.4) is 0 Å².